The molecule has 7 nitrogen and oxygen atoms in total. The fourth-order valence-electron chi connectivity index (χ4n) is 1.54. The van der Waals surface area contributed by atoms with E-state index in [0.29, 0.717) is 0 Å². The van der Waals surface area contributed by atoms with Crippen molar-refractivity contribution in [3.8, 4) is 6.07 Å². The molecule has 1 aromatic rings. The predicted octanol–water partition coefficient (Wildman–Crippen LogP) is 3.29. The second-order valence-corrected chi connectivity index (χ2v) is 5.85. The summed E-state index contributed by atoms with van der Waals surface area (Å²) < 4.78 is 27.5. The molecule has 0 aromatic heterocycles. The minimum absolute atomic E-state index is 0.0667. The maximum atomic E-state index is 12.4. The summed E-state index contributed by atoms with van der Waals surface area (Å²) in [7, 11) is -3.91. The number of nitrogens with zero attached hydrogens (tertiary/aromatic N) is 1. The standard InChI is InChI=1S/C15H16NO6P/c1-3-7-20-23(19,21-8-4-2)22-11-13-9-12(10-16)5-6-14(13)15(17)18/h3-6,9H,1-2,7-8,11H2,(H,17,18). The molecule has 8 heteroatoms. The van der Waals surface area contributed by atoms with Crippen LogP contribution in [0.1, 0.15) is 21.5 Å². The first-order valence-corrected chi connectivity index (χ1v) is 7.93. The van der Waals surface area contributed by atoms with Gasteiger partial charge in [-0.25, -0.2) is 9.36 Å². The summed E-state index contributed by atoms with van der Waals surface area (Å²) in [5.74, 6) is -1.19. The zero-order chi connectivity index (χ0) is 17.3. The van der Waals surface area contributed by atoms with Crippen molar-refractivity contribution in [3.63, 3.8) is 0 Å². The molecule has 0 heterocycles. The fourth-order valence-corrected chi connectivity index (χ4v) is 2.64. The number of phosphoric ester groups is 1. The zero-order valence-corrected chi connectivity index (χ0v) is 13.2. The summed E-state index contributed by atoms with van der Waals surface area (Å²) in [5.41, 5.74) is 0.367. The van der Waals surface area contributed by atoms with E-state index in [9.17, 15) is 9.36 Å². The number of benzene rings is 1. The molecule has 0 bridgehead atoms. The van der Waals surface area contributed by atoms with Crippen LogP contribution in [0.4, 0.5) is 0 Å². The van der Waals surface area contributed by atoms with E-state index in [-0.39, 0.29) is 36.5 Å². The van der Waals surface area contributed by atoms with Gasteiger partial charge in [-0.2, -0.15) is 5.26 Å². The maximum Gasteiger partial charge on any atom is 0.475 e. The van der Waals surface area contributed by atoms with Crippen molar-refractivity contribution in [2.75, 3.05) is 13.2 Å². The molecule has 0 unspecified atom stereocenters. The number of carbonyl (C=O) groups is 1. The van der Waals surface area contributed by atoms with Gasteiger partial charge in [0.1, 0.15) is 0 Å². The molecule has 0 fully saturated rings. The van der Waals surface area contributed by atoms with E-state index in [4.69, 9.17) is 23.9 Å². The lowest BCUT2D eigenvalue weighted by Crippen LogP contribution is -2.06. The summed E-state index contributed by atoms with van der Waals surface area (Å²) in [4.78, 5) is 11.2. The average Bonchev–Trinajstić information content (AvgIpc) is 2.56. The molecule has 0 saturated heterocycles. The number of nitriles is 1. The van der Waals surface area contributed by atoms with Gasteiger partial charge < -0.3 is 5.11 Å². The van der Waals surface area contributed by atoms with Crippen LogP contribution in [0, 0.1) is 11.3 Å². The second-order valence-electron chi connectivity index (χ2n) is 4.18. The van der Waals surface area contributed by atoms with Crippen molar-refractivity contribution in [1.29, 1.82) is 5.26 Å². The SMILES string of the molecule is C=CCOP(=O)(OCC=C)OCc1cc(C#N)ccc1C(=O)O. The Morgan fingerprint density at radius 1 is 1.26 bits per heavy atom. The lowest BCUT2D eigenvalue weighted by molar-refractivity contribution is 0.0690. The summed E-state index contributed by atoms with van der Waals surface area (Å²) in [6.07, 6.45) is 2.73. The van der Waals surface area contributed by atoms with E-state index >= 15 is 0 Å². The highest BCUT2D eigenvalue weighted by atomic mass is 31.2. The van der Waals surface area contributed by atoms with E-state index in [1.165, 1.54) is 30.4 Å². The van der Waals surface area contributed by atoms with Crippen LogP contribution >= 0.6 is 7.82 Å². The number of aromatic carboxylic acids is 1. The number of hydrogen-bond acceptors (Lipinski definition) is 6. The molecule has 23 heavy (non-hydrogen) atoms. The van der Waals surface area contributed by atoms with Gasteiger partial charge in [0.05, 0.1) is 37.0 Å². The van der Waals surface area contributed by atoms with Crippen molar-refractivity contribution < 1.29 is 28.0 Å². The summed E-state index contributed by atoms with van der Waals surface area (Å²) in [6, 6.07) is 5.88. The molecule has 0 amide bonds. The minimum atomic E-state index is -3.91. The topological polar surface area (TPSA) is 106 Å². The zero-order valence-electron chi connectivity index (χ0n) is 12.3. The lowest BCUT2D eigenvalue weighted by atomic mass is 10.1. The molecule has 0 saturated carbocycles. The molecule has 0 aliphatic heterocycles. The Bertz CT molecular complexity index is 663. The molecule has 1 N–H and O–H groups in total. The van der Waals surface area contributed by atoms with Gasteiger partial charge in [0.25, 0.3) is 0 Å². The summed E-state index contributed by atoms with van der Waals surface area (Å²) >= 11 is 0. The summed E-state index contributed by atoms with van der Waals surface area (Å²) in [6.45, 7) is 6.36. The Balaban J connectivity index is 2.97. The summed E-state index contributed by atoms with van der Waals surface area (Å²) in [5, 5.41) is 18.0. The van der Waals surface area contributed by atoms with Crippen LogP contribution in [-0.2, 0) is 24.7 Å². The molecule has 122 valence electrons. The highest BCUT2D eigenvalue weighted by Crippen LogP contribution is 2.50. The number of phosphoric acid groups is 1. The minimum Gasteiger partial charge on any atom is -0.478 e. The van der Waals surface area contributed by atoms with Crippen molar-refractivity contribution >= 4 is 13.8 Å². The molecule has 1 aromatic carbocycles. The fraction of sp³-hybridized carbons (Fsp3) is 0.200. The number of carboxylic acids is 1. The Morgan fingerprint density at radius 2 is 1.87 bits per heavy atom. The smallest absolute Gasteiger partial charge is 0.475 e. The van der Waals surface area contributed by atoms with Crippen LogP contribution in [-0.4, -0.2) is 24.3 Å². The highest BCUT2D eigenvalue weighted by molar-refractivity contribution is 7.48. The monoisotopic (exact) mass is 337 g/mol. The van der Waals surface area contributed by atoms with Crippen LogP contribution < -0.4 is 0 Å². The van der Waals surface area contributed by atoms with Crippen molar-refractivity contribution in [2.45, 2.75) is 6.61 Å². The Hall–Kier alpha value is -2.23. The molecule has 0 aliphatic rings. The van der Waals surface area contributed by atoms with E-state index in [0.717, 1.165) is 0 Å². The van der Waals surface area contributed by atoms with E-state index in [1.54, 1.807) is 0 Å². The van der Waals surface area contributed by atoms with Gasteiger partial charge in [-0.1, -0.05) is 12.2 Å². The molecular weight excluding hydrogens is 321 g/mol. The second kappa shape index (κ2) is 9.03. The molecule has 0 spiro atoms. The molecular formula is C15H16NO6P. The molecule has 0 atom stereocenters. The maximum absolute atomic E-state index is 12.4. The van der Waals surface area contributed by atoms with Gasteiger partial charge in [0, 0.05) is 0 Å². The van der Waals surface area contributed by atoms with E-state index < -0.39 is 13.8 Å². The van der Waals surface area contributed by atoms with Gasteiger partial charge in [0.2, 0.25) is 0 Å². The number of rotatable bonds is 10. The third-order valence-electron chi connectivity index (χ3n) is 2.54. The number of carboxylic acid groups (broad SMARTS) is 1. The molecule has 0 radical (unpaired) electrons. The normalized spacial score (nSPS) is 10.7. The van der Waals surface area contributed by atoms with Crippen molar-refractivity contribution in [3.05, 3.63) is 60.2 Å². The van der Waals surface area contributed by atoms with Crippen molar-refractivity contribution in [1.82, 2.24) is 0 Å². The Morgan fingerprint density at radius 3 is 2.35 bits per heavy atom. The Labute approximate surface area is 134 Å². The molecule has 1 rings (SSSR count). The van der Waals surface area contributed by atoms with Gasteiger partial charge in [-0.05, 0) is 23.8 Å². The first-order chi connectivity index (χ1) is 11.0. The van der Waals surface area contributed by atoms with Crippen LogP contribution in [0.5, 0.6) is 0 Å². The van der Waals surface area contributed by atoms with Crippen LogP contribution in [0.25, 0.3) is 0 Å². The quantitative estimate of drug-likeness (QED) is 0.516. The van der Waals surface area contributed by atoms with Gasteiger partial charge >= 0.3 is 13.8 Å². The third kappa shape index (κ3) is 5.81. The van der Waals surface area contributed by atoms with Gasteiger partial charge in [-0.3, -0.25) is 13.6 Å². The number of hydrogen-bond donors (Lipinski definition) is 1. The first-order valence-electron chi connectivity index (χ1n) is 6.47. The van der Waals surface area contributed by atoms with Crippen molar-refractivity contribution in [2.24, 2.45) is 0 Å². The lowest BCUT2D eigenvalue weighted by Gasteiger charge is -2.17. The van der Waals surface area contributed by atoms with Crippen LogP contribution in [0.3, 0.4) is 0 Å². The van der Waals surface area contributed by atoms with Crippen LogP contribution in [0.15, 0.2) is 43.5 Å². The van der Waals surface area contributed by atoms with Gasteiger partial charge in [0.15, 0.2) is 0 Å². The predicted molar refractivity (Wildman–Crippen MR) is 82.8 cm³/mol. The van der Waals surface area contributed by atoms with Gasteiger partial charge in [-0.15, -0.1) is 13.2 Å². The third-order valence-corrected chi connectivity index (χ3v) is 3.92. The highest BCUT2D eigenvalue weighted by Gasteiger charge is 2.26. The van der Waals surface area contributed by atoms with E-state index in [2.05, 4.69) is 13.2 Å². The van der Waals surface area contributed by atoms with E-state index in [1.807, 2.05) is 6.07 Å². The first kappa shape index (κ1) is 18.8. The van der Waals surface area contributed by atoms with Crippen LogP contribution in [0.2, 0.25) is 0 Å². The Kier molecular flexibility index (Phi) is 7.39. The molecule has 0 aliphatic carbocycles. The largest absolute Gasteiger partial charge is 0.478 e. The average molecular weight is 337 g/mol.